The van der Waals surface area contributed by atoms with Crippen molar-refractivity contribution in [3.05, 3.63) is 120 Å². The molecule has 4 heteroatoms. The molecule has 162 valence electrons. The molecule has 1 aliphatic rings. The fraction of sp³-hybridized carbons (Fsp3) is 0.103. The van der Waals surface area contributed by atoms with Gasteiger partial charge in [-0.25, -0.2) is 5.01 Å². The van der Waals surface area contributed by atoms with Gasteiger partial charge in [0, 0.05) is 29.9 Å². The van der Waals surface area contributed by atoms with Crippen LogP contribution in [0, 0.1) is 0 Å². The predicted octanol–water partition coefficient (Wildman–Crippen LogP) is 6.76. The number of anilines is 4. The maximum atomic E-state index is 13.1. The first kappa shape index (κ1) is 20.7. The number of rotatable bonds is 6. The van der Waals surface area contributed by atoms with Crippen LogP contribution in [0.15, 0.2) is 108 Å². The quantitative estimate of drug-likeness (QED) is 0.192. The number of fused-ring (bicyclic) bond motifs is 2. The number of nitrogens with zero attached hydrogens (tertiary/aromatic N) is 3. The summed E-state index contributed by atoms with van der Waals surface area (Å²) in [5.74, 6) is -0.114. The summed E-state index contributed by atoms with van der Waals surface area (Å²) in [6.45, 7) is 3.03. The Hall–Kier alpha value is -4.18. The number of benzene rings is 4. The normalized spacial score (nSPS) is 12.3. The minimum atomic E-state index is -0.114. The maximum Gasteiger partial charge on any atom is 0.205 e. The second-order valence-corrected chi connectivity index (χ2v) is 7.98. The fourth-order valence-corrected chi connectivity index (χ4v) is 4.35. The number of ketones is 1. The molecule has 0 unspecified atom stereocenters. The molecule has 5 rings (SSSR count). The molecule has 4 aromatic rings. The topological polar surface area (TPSA) is 35.9 Å². The van der Waals surface area contributed by atoms with Crippen LogP contribution in [-0.2, 0) is 6.42 Å². The van der Waals surface area contributed by atoms with Crippen molar-refractivity contribution < 1.29 is 4.79 Å². The fourth-order valence-electron chi connectivity index (χ4n) is 4.35. The molecule has 1 heterocycles. The summed E-state index contributed by atoms with van der Waals surface area (Å²) in [6.07, 6.45) is 2.23. The summed E-state index contributed by atoms with van der Waals surface area (Å²) in [5.41, 5.74) is 7.30. The van der Waals surface area contributed by atoms with Crippen LogP contribution in [0.3, 0.4) is 0 Å². The number of para-hydroxylation sites is 3. The summed E-state index contributed by atoms with van der Waals surface area (Å²) >= 11 is 0. The highest BCUT2D eigenvalue weighted by atomic mass is 16.1. The Bertz CT molecular complexity index is 1260. The van der Waals surface area contributed by atoms with Crippen molar-refractivity contribution in [2.45, 2.75) is 13.3 Å². The summed E-state index contributed by atoms with van der Waals surface area (Å²) in [4.78, 5) is 15.4. The molecule has 0 aromatic heterocycles. The van der Waals surface area contributed by atoms with Gasteiger partial charge in [0.15, 0.2) is 0 Å². The third-order valence-electron chi connectivity index (χ3n) is 5.93. The zero-order valence-electron chi connectivity index (χ0n) is 18.6. The molecule has 1 aliphatic heterocycles. The van der Waals surface area contributed by atoms with Crippen LogP contribution in [0.5, 0.6) is 0 Å². The third-order valence-corrected chi connectivity index (χ3v) is 5.93. The first-order valence-corrected chi connectivity index (χ1v) is 11.2. The minimum absolute atomic E-state index is 0.114. The largest absolute Gasteiger partial charge is 0.341 e. The third kappa shape index (κ3) is 4.15. The average molecular weight is 432 g/mol. The molecule has 4 aromatic carbocycles. The lowest BCUT2D eigenvalue weighted by Crippen LogP contribution is -2.23. The minimum Gasteiger partial charge on any atom is -0.341 e. The van der Waals surface area contributed by atoms with Crippen molar-refractivity contribution in [3.8, 4) is 0 Å². The predicted molar refractivity (Wildman–Crippen MR) is 136 cm³/mol. The van der Waals surface area contributed by atoms with E-state index in [4.69, 9.17) is 0 Å². The van der Waals surface area contributed by atoms with Crippen molar-refractivity contribution in [2.75, 3.05) is 16.5 Å². The Morgan fingerprint density at radius 3 is 2.09 bits per heavy atom. The van der Waals surface area contributed by atoms with Crippen molar-refractivity contribution in [1.82, 2.24) is 0 Å². The maximum absolute atomic E-state index is 13.1. The molecular weight excluding hydrogens is 406 g/mol. The van der Waals surface area contributed by atoms with Gasteiger partial charge in [-0.3, -0.25) is 4.79 Å². The number of hydrazone groups is 1. The van der Waals surface area contributed by atoms with Gasteiger partial charge in [0.25, 0.3) is 0 Å². The second kappa shape index (κ2) is 9.13. The first-order chi connectivity index (χ1) is 16.2. The van der Waals surface area contributed by atoms with E-state index in [-0.39, 0.29) is 5.78 Å². The Kier molecular flexibility index (Phi) is 5.73. The molecule has 0 amide bonds. The monoisotopic (exact) mass is 431 g/mol. The number of carbonyl (C=O) groups excluding carboxylic acids is 1. The van der Waals surface area contributed by atoms with Crippen LogP contribution in [0.2, 0.25) is 0 Å². The molecule has 4 nitrogen and oxygen atoms in total. The smallest absolute Gasteiger partial charge is 0.205 e. The van der Waals surface area contributed by atoms with Gasteiger partial charge in [-0.2, -0.15) is 5.10 Å². The van der Waals surface area contributed by atoms with Gasteiger partial charge in [-0.05, 0) is 66.6 Å². The van der Waals surface area contributed by atoms with E-state index in [0.29, 0.717) is 5.56 Å². The molecule has 0 atom stereocenters. The lowest BCUT2D eigenvalue weighted by molar-refractivity contribution is 0.107. The van der Waals surface area contributed by atoms with Crippen molar-refractivity contribution in [1.29, 1.82) is 0 Å². The van der Waals surface area contributed by atoms with Gasteiger partial charge in [0.1, 0.15) is 0 Å². The van der Waals surface area contributed by atoms with E-state index in [9.17, 15) is 4.79 Å². The van der Waals surface area contributed by atoms with Crippen molar-refractivity contribution in [2.24, 2.45) is 5.10 Å². The molecule has 0 saturated heterocycles. The highest BCUT2D eigenvalue weighted by Crippen LogP contribution is 2.38. The van der Waals surface area contributed by atoms with Crippen LogP contribution in [0.25, 0.3) is 0 Å². The average Bonchev–Trinajstić information content (AvgIpc) is 2.88. The van der Waals surface area contributed by atoms with E-state index in [0.717, 1.165) is 29.9 Å². The number of carbonyl (C=O) groups is 1. The SMILES string of the molecule is CCN1c2ccccc2Cc2cc(C(=O)C=NN(c3ccccc3)c3ccccc3)ccc21. The van der Waals surface area contributed by atoms with E-state index in [2.05, 4.69) is 47.3 Å². The highest BCUT2D eigenvalue weighted by Gasteiger charge is 2.22. The molecular formula is C29H25N3O. The highest BCUT2D eigenvalue weighted by molar-refractivity contribution is 6.35. The van der Waals surface area contributed by atoms with Gasteiger partial charge in [-0.1, -0.05) is 54.6 Å². The second-order valence-electron chi connectivity index (χ2n) is 7.98. The lowest BCUT2D eigenvalue weighted by atomic mass is 9.93. The van der Waals surface area contributed by atoms with Crippen LogP contribution in [0.1, 0.15) is 28.4 Å². The lowest BCUT2D eigenvalue weighted by Gasteiger charge is -2.32. The standard InChI is InChI=1S/C29H25N3O/c1-2-31-27-16-10-9-11-22(27)19-24-20-23(17-18-28(24)31)29(33)21-30-32(25-12-5-3-6-13-25)26-14-7-4-8-15-26/h3-18,20-21H,2,19H2,1H3. The Morgan fingerprint density at radius 2 is 1.42 bits per heavy atom. The van der Waals surface area contributed by atoms with E-state index in [1.807, 2.05) is 72.8 Å². The van der Waals surface area contributed by atoms with Gasteiger partial charge in [0.2, 0.25) is 5.78 Å². The van der Waals surface area contributed by atoms with E-state index >= 15 is 0 Å². The molecule has 0 N–H and O–H groups in total. The first-order valence-electron chi connectivity index (χ1n) is 11.2. The summed E-state index contributed by atoms with van der Waals surface area (Å²) in [7, 11) is 0. The van der Waals surface area contributed by atoms with Crippen LogP contribution >= 0.6 is 0 Å². The zero-order chi connectivity index (χ0) is 22.6. The number of hydrogen-bond donors (Lipinski definition) is 0. The van der Waals surface area contributed by atoms with E-state index in [1.165, 1.54) is 23.2 Å². The molecule has 0 saturated carbocycles. The molecule has 0 radical (unpaired) electrons. The molecule has 0 spiro atoms. The number of Topliss-reactive ketones (excluding diaryl/α,β-unsaturated/α-hetero) is 1. The Labute approximate surface area is 194 Å². The van der Waals surface area contributed by atoms with Gasteiger partial charge < -0.3 is 4.90 Å². The van der Waals surface area contributed by atoms with Gasteiger partial charge in [0.05, 0.1) is 17.6 Å². The van der Waals surface area contributed by atoms with Crippen molar-refractivity contribution >= 4 is 34.7 Å². The van der Waals surface area contributed by atoms with Crippen LogP contribution in [0.4, 0.5) is 22.7 Å². The Morgan fingerprint density at radius 1 is 0.818 bits per heavy atom. The number of hydrogen-bond acceptors (Lipinski definition) is 4. The van der Waals surface area contributed by atoms with Crippen molar-refractivity contribution in [3.63, 3.8) is 0 Å². The van der Waals surface area contributed by atoms with E-state index < -0.39 is 0 Å². The zero-order valence-corrected chi connectivity index (χ0v) is 18.6. The van der Waals surface area contributed by atoms with E-state index in [1.54, 1.807) is 5.01 Å². The van der Waals surface area contributed by atoms with Crippen LogP contribution in [-0.4, -0.2) is 18.5 Å². The molecule has 33 heavy (non-hydrogen) atoms. The van der Waals surface area contributed by atoms with Gasteiger partial charge >= 0.3 is 0 Å². The summed E-state index contributed by atoms with van der Waals surface area (Å²) in [5, 5.41) is 6.35. The Balaban J connectivity index is 1.44. The van der Waals surface area contributed by atoms with Crippen LogP contribution < -0.4 is 9.91 Å². The summed E-state index contributed by atoms with van der Waals surface area (Å²) in [6, 6.07) is 34.1. The van der Waals surface area contributed by atoms with Gasteiger partial charge in [-0.15, -0.1) is 0 Å². The summed E-state index contributed by atoms with van der Waals surface area (Å²) < 4.78 is 0. The molecule has 0 aliphatic carbocycles. The molecule has 0 bridgehead atoms. The molecule has 0 fully saturated rings.